The summed E-state index contributed by atoms with van der Waals surface area (Å²) in [5, 5.41) is 3.27. The van der Waals surface area contributed by atoms with Crippen molar-refractivity contribution in [1.29, 1.82) is 0 Å². The van der Waals surface area contributed by atoms with Gasteiger partial charge < -0.3 is 5.32 Å². The van der Waals surface area contributed by atoms with Crippen molar-refractivity contribution in [3.8, 4) is 0 Å². The first-order chi connectivity index (χ1) is 8.01. The van der Waals surface area contributed by atoms with Gasteiger partial charge in [-0.15, -0.1) is 12.4 Å². The number of aryl methyl sites for hydroxylation is 1. The molecule has 1 N–H and O–H groups in total. The number of halogens is 1. The number of nitrogens with one attached hydrogen (secondary N) is 1. The Bertz CT molecular complexity index is 508. The molecule has 0 aliphatic carbocycles. The molecule has 1 aromatic rings. The van der Waals surface area contributed by atoms with E-state index in [9.17, 15) is 8.42 Å². The number of sulfonamides is 1. The van der Waals surface area contributed by atoms with Gasteiger partial charge in [-0.3, -0.25) is 4.98 Å². The van der Waals surface area contributed by atoms with Crippen molar-refractivity contribution in [2.45, 2.75) is 24.9 Å². The molecule has 8 heteroatoms. The molecule has 2 rings (SSSR count). The highest BCUT2D eigenvalue weighted by Crippen LogP contribution is 2.16. The van der Waals surface area contributed by atoms with E-state index in [2.05, 4.69) is 15.3 Å². The molecule has 1 saturated heterocycles. The zero-order valence-electron chi connectivity index (χ0n) is 10.3. The average molecular weight is 293 g/mol. The summed E-state index contributed by atoms with van der Waals surface area (Å²) in [6.07, 6.45) is 2.90. The fourth-order valence-electron chi connectivity index (χ4n) is 1.89. The molecule has 1 aliphatic heterocycles. The molecule has 0 saturated carbocycles. The van der Waals surface area contributed by atoms with Gasteiger partial charge in [-0.1, -0.05) is 0 Å². The van der Waals surface area contributed by atoms with E-state index in [0.29, 0.717) is 25.3 Å². The first-order valence-electron chi connectivity index (χ1n) is 5.53. The zero-order chi connectivity index (χ0) is 12.5. The number of nitrogens with zero attached hydrogens (tertiary/aromatic N) is 3. The highest BCUT2D eigenvalue weighted by molar-refractivity contribution is 7.89. The zero-order valence-corrected chi connectivity index (χ0v) is 12.0. The van der Waals surface area contributed by atoms with Crippen molar-refractivity contribution in [3.63, 3.8) is 0 Å². The topological polar surface area (TPSA) is 75.2 Å². The van der Waals surface area contributed by atoms with Crippen molar-refractivity contribution >= 4 is 22.4 Å². The minimum Gasteiger partial charge on any atom is -0.312 e. The highest BCUT2D eigenvalue weighted by atomic mass is 35.5. The van der Waals surface area contributed by atoms with Gasteiger partial charge in [-0.25, -0.2) is 13.4 Å². The Labute approximate surface area is 113 Å². The SMILES string of the molecule is Cc1nccnc1S(=O)(=O)N1CCNC(C)C1.Cl. The second kappa shape index (κ2) is 5.92. The average Bonchev–Trinajstić information content (AvgIpc) is 2.29. The molecule has 1 aromatic heterocycles. The summed E-state index contributed by atoms with van der Waals surface area (Å²) < 4.78 is 26.2. The van der Waals surface area contributed by atoms with Crippen molar-refractivity contribution in [2.75, 3.05) is 19.6 Å². The van der Waals surface area contributed by atoms with E-state index in [1.807, 2.05) is 6.92 Å². The summed E-state index contributed by atoms with van der Waals surface area (Å²) in [6, 6.07) is 0.163. The minimum atomic E-state index is -3.51. The van der Waals surface area contributed by atoms with E-state index in [0.717, 1.165) is 0 Å². The van der Waals surface area contributed by atoms with Crippen LogP contribution in [-0.4, -0.2) is 48.4 Å². The van der Waals surface area contributed by atoms with Crippen LogP contribution >= 0.6 is 12.4 Å². The largest absolute Gasteiger partial charge is 0.312 e. The third kappa shape index (κ3) is 2.97. The molecule has 102 valence electrons. The summed E-state index contributed by atoms with van der Waals surface area (Å²) in [5.41, 5.74) is 0.443. The normalized spacial score (nSPS) is 21.3. The lowest BCUT2D eigenvalue weighted by Gasteiger charge is -2.30. The van der Waals surface area contributed by atoms with Crippen LogP contribution in [0.3, 0.4) is 0 Å². The summed E-state index contributed by atoms with van der Waals surface area (Å²) in [7, 11) is -3.51. The van der Waals surface area contributed by atoms with Gasteiger partial charge in [0.25, 0.3) is 10.0 Å². The third-order valence-electron chi connectivity index (χ3n) is 2.75. The van der Waals surface area contributed by atoms with E-state index in [4.69, 9.17) is 0 Å². The van der Waals surface area contributed by atoms with Crippen LogP contribution in [-0.2, 0) is 10.0 Å². The second-order valence-electron chi connectivity index (χ2n) is 4.17. The molecule has 0 amide bonds. The monoisotopic (exact) mass is 292 g/mol. The molecule has 1 aliphatic rings. The van der Waals surface area contributed by atoms with Crippen molar-refractivity contribution in [2.24, 2.45) is 0 Å². The van der Waals surface area contributed by atoms with Gasteiger partial charge in [0.1, 0.15) is 0 Å². The molecule has 2 heterocycles. The van der Waals surface area contributed by atoms with Gasteiger partial charge in [0, 0.05) is 38.1 Å². The Balaban J connectivity index is 0.00000162. The first kappa shape index (κ1) is 15.3. The smallest absolute Gasteiger partial charge is 0.262 e. The van der Waals surface area contributed by atoms with Gasteiger partial charge in [0.05, 0.1) is 5.69 Å². The van der Waals surface area contributed by atoms with Crippen LogP contribution in [0.25, 0.3) is 0 Å². The predicted octanol–water partition coefficient (Wildman–Crippen LogP) is 0.189. The maximum absolute atomic E-state index is 12.3. The molecule has 6 nitrogen and oxygen atoms in total. The molecular formula is C10H17ClN4O2S. The fourth-order valence-corrected chi connectivity index (χ4v) is 3.50. The predicted molar refractivity (Wildman–Crippen MR) is 70.2 cm³/mol. The Kier molecular flexibility index (Phi) is 5.03. The number of rotatable bonds is 2. The lowest BCUT2D eigenvalue weighted by atomic mass is 10.3. The van der Waals surface area contributed by atoms with Crippen LogP contribution in [0.1, 0.15) is 12.6 Å². The highest BCUT2D eigenvalue weighted by Gasteiger charge is 2.30. The van der Waals surface area contributed by atoms with Crippen LogP contribution in [0.2, 0.25) is 0 Å². The summed E-state index contributed by atoms with van der Waals surface area (Å²) >= 11 is 0. The molecule has 0 spiro atoms. The number of aromatic nitrogens is 2. The number of hydrogen-bond acceptors (Lipinski definition) is 5. The van der Waals surface area contributed by atoms with Crippen molar-refractivity contribution in [1.82, 2.24) is 19.6 Å². The molecule has 0 aromatic carbocycles. The molecule has 1 fully saturated rings. The van der Waals surface area contributed by atoms with E-state index >= 15 is 0 Å². The minimum absolute atomic E-state index is 0. The van der Waals surface area contributed by atoms with Gasteiger partial charge >= 0.3 is 0 Å². The van der Waals surface area contributed by atoms with Gasteiger partial charge in [0.15, 0.2) is 5.03 Å². The first-order valence-corrected chi connectivity index (χ1v) is 6.97. The molecule has 0 radical (unpaired) electrons. The van der Waals surface area contributed by atoms with E-state index in [1.165, 1.54) is 16.7 Å². The lowest BCUT2D eigenvalue weighted by molar-refractivity contribution is 0.309. The molecular weight excluding hydrogens is 276 g/mol. The lowest BCUT2D eigenvalue weighted by Crippen LogP contribution is -2.51. The molecule has 0 bridgehead atoms. The van der Waals surface area contributed by atoms with Crippen LogP contribution < -0.4 is 5.32 Å². The summed E-state index contributed by atoms with van der Waals surface area (Å²) in [6.45, 7) is 5.23. The maximum Gasteiger partial charge on any atom is 0.262 e. The van der Waals surface area contributed by atoms with Crippen LogP contribution in [0.4, 0.5) is 0 Å². The Hall–Kier alpha value is -0.760. The Morgan fingerprint density at radius 2 is 2.06 bits per heavy atom. The van der Waals surface area contributed by atoms with Gasteiger partial charge in [-0.05, 0) is 13.8 Å². The molecule has 1 atom stereocenters. The van der Waals surface area contributed by atoms with Crippen LogP contribution in [0.5, 0.6) is 0 Å². The van der Waals surface area contributed by atoms with E-state index < -0.39 is 10.0 Å². The van der Waals surface area contributed by atoms with E-state index in [1.54, 1.807) is 6.92 Å². The van der Waals surface area contributed by atoms with Crippen LogP contribution in [0, 0.1) is 6.92 Å². The summed E-state index contributed by atoms with van der Waals surface area (Å²) in [4.78, 5) is 7.91. The Morgan fingerprint density at radius 3 is 2.67 bits per heavy atom. The van der Waals surface area contributed by atoms with Crippen LogP contribution in [0.15, 0.2) is 17.4 Å². The second-order valence-corrected chi connectivity index (χ2v) is 6.02. The standard InChI is InChI=1S/C10H16N4O2S.ClH/c1-8-7-14(6-5-11-8)17(15,16)10-9(2)12-3-4-13-10;/h3-4,8,11H,5-7H2,1-2H3;1H. The van der Waals surface area contributed by atoms with Crippen molar-refractivity contribution in [3.05, 3.63) is 18.1 Å². The third-order valence-corrected chi connectivity index (χ3v) is 4.65. The maximum atomic E-state index is 12.3. The van der Waals surface area contributed by atoms with Crippen molar-refractivity contribution < 1.29 is 8.42 Å². The quantitative estimate of drug-likeness (QED) is 0.842. The molecule has 1 unspecified atom stereocenters. The number of piperazine rings is 1. The summed E-state index contributed by atoms with van der Waals surface area (Å²) in [5.74, 6) is 0. The fraction of sp³-hybridized carbons (Fsp3) is 0.600. The number of hydrogen-bond donors (Lipinski definition) is 1. The van der Waals surface area contributed by atoms with E-state index in [-0.39, 0.29) is 23.5 Å². The van der Waals surface area contributed by atoms with Gasteiger partial charge in [0.2, 0.25) is 0 Å². The Morgan fingerprint density at radius 1 is 1.39 bits per heavy atom. The molecule has 18 heavy (non-hydrogen) atoms. The van der Waals surface area contributed by atoms with Gasteiger partial charge in [-0.2, -0.15) is 4.31 Å².